The van der Waals surface area contributed by atoms with Gasteiger partial charge in [-0.15, -0.1) is 0 Å². The van der Waals surface area contributed by atoms with Gasteiger partial charge in [-0.25, -0.2) is 4.39 Å². The first kappa shape index (κ1) is 13.1. The van der Waals surface area contributed by atoms with Crippen LogP contribution in [0.3, 0.4) is 0 Å². The largest absolute Gasteiger partial charge is 0.496 e. The van der Waals surface area contributed by atoms with Crippen molar-refractivity contribution in [2.75, 3.05) is 7.11 Å². The Labute approximate surface area is 113 Å². The molecule has 1 heterocycles. The Balaban J connectivity index is 2.50. The van der Waals surface area contributed by atoms with Crippen molar-refractivity contribution in [3.63, 3.8) is 0 Å². The van der Waals surface area contributed by atoms with E-state index in [4.69, 9.17) is 14.9 Å². The van der Waals surface area contributed by atoms with E-state index >= 15 is 0 Å². The fraction of sp³-hybridized carbons (Fsp3) is 0.231. The van der Waals surface area contributed by atoms with E-state index in [1.807, 2.05) is 13.0 Å². The summed E-state index contributed by atoms with van der Waals surface area (Å²) in [6.07, 6.45) is 1.58. The van der Waals surface area contributed by atoms with Crippen LogP contribution in [-0.2, 0) is 0 Å². The number of halogens is 2. The van der Waals surface area contributed by atoms with Crippen LogP contribution in [0, 0.1) is 12.7 Å². The van der Waals surface area contributed by atoms with Crippen molar-refractivity contribution >= 4 is 15.9 Å². The molecule has 1 unspecified atom stereocenters. The summed E-state index contributed by atoms with van der Waals surface area (Å²) in [5, 5.41) is 0. The number of benzene rings is 1. The highest BCUT2D eigenvalue weighted by Crippen LogP contribution is 2.33. The second-order valence-electron chi connectivity index (χ2n) is 3.95. The number of hydrogen-bond donors (Lipinski definition) is 1. The molecule has 0 radical (unpaired) electrons. The van der Waals surface area contributed by atoms with Crippen molar-refractivity contribution in [3.8, 4) is 5.75 Å². The molecule has 0 saturated carbocycles. The summed E-state index contributed by atoms with van der Waals surface area (Å²) in [6, 6.07) is 4.25. The Morgan fingerprint density at radius 1 is 1.44 bits per heavy atom. The lowest BCUT2D eigenvalue weighted by molar-refractivity contribution is 0.399. The summed E-state index contributed by atoms with van der Waals surface area (Å²) in [5.41, 5.74) is 7.76. The summed E-state index contributed by atoms with van der Waals surface area (Å²) in [5.74, 6) is 0.657. The van der Waals surface area contributed by atoms with Gasteiger partial charge < -0.3 is 14.9 Å². The number of methoxy groups -OCH3 is 1. The molecule has 0 spiro atoms. The number of aryl methyl sites for hydroxylation is 1. The smallest absolute Gasteiger partial charge is 0.141 e. The van der Waals surface area contributed by atoms with E-state index in [0.717, 1.165) is 5.56 Å². The van der Waals surface area contributed by atoms with Gasteiger partial charge in [-0.2, -0.15) is 0 Å². The van der Waals surface area contributed by atoms with Crippen LogP contribution in [0.15, 0.2) is 33.4 Å². The highest BCUT2D eigenvalue weighted by Gasteiger charge is 2.20. The van der Waals surface area contributed by atoms with E-state index in [9.17, 15) is 4.39 Å². The van der Waals surface area contributed by atoms with Crippen molar-refractivity contribution in [2.45, 2.75) is 13.0 Å². The van der Waals surface area contributed by atoms with E-state index in [0.29, 0.717) is 21.5 Å². The maximum absolute atomic E-state index is 13.4. The number of ether oxygens (including phenoxy) is 1. The molecular weight excluding hydrogens is 301 g/mol. The monoisotopic (exact) mass is 313 g/mol. The molecule has 0 amide bonds. The molecule has 0 aliphatic carbocycles. The van der Waals surface area contributed by atoms with Gasteiger partial charge in [-0.1, -0.05) is 0 Å². The molecule has 5 heteroatoms. The predicted octanol–water partition coefficient (Wildman–Crippen LogP) is 3.55. The minimum atomic E-state index is -0.494. The van der Waals surface area contributed by atoms with Crippen molar-refractivity contribution in [1.82, 2.24) is 0 Å². The molecule has 0 saturated heterocycles. The molecule has 1 aromatic heterocycles. The summed E-state index contributed by atoms with van der Waals surface area (Å²) in [6.45, 7) is 1.91. The van der Waals surface area contributed by atoms with Crippen LogP contribution in [0.5, 0.6) is 5.75 Å². The van der Waals surface area contributed by atoms with Crippen molar-refractivity contribution < 1.29 is 13.5 Å². The third-order valence-electron chi connectivity index (χ3n) is 2.79. The first-order chi connectivity index (χ1) is 8.54. The first-order valence-corrected chi connectivity index (χ1v) is 6.16. The Kier molecular flexibility index (Phi) is 3.73. The van der Waals surface area contributed by atoms with Gasteiger partial charge in [0.2, 0.25) is 0 Å². The number of furan rings is 1. The van der Waals surface area contributed by atoms with E-state index in [1.165, 1.54) is 13.2 Å². The van der Waals surface area contributed by atoms with Crippen molar-refractivity contribution in [3.05, 3.63) is 51.6 Å². The van der Waals surface area contributed by atoms with Crippen LogP contribution in [0.2, 0.25) is 0 Å². The van der Waals surface area contributed by atoms with Gasteiger partial charge in [0.25, 0.3) is 0 Å². The molecule has 0 aliphatic rings. The average Bonchev–Trinajstić information content (AvgIpc) is 2.77. The van der Waals surface area contributed by atoms with Gasteiger partial charge in [-0.05, 0) is 40.5 Å². The maximum atomic E-state index is 13.4. The van der Waals surface area contributed by atoms with Crippen LogP contribution in [0.1, 0.15) is 22.9 Å². The van der Waals surface area contributed by atoms with Gasteiger partial charge in [0, 0.05) is 11.6 Å². The van der Waals surface area contributed by atoms with Crippen LogP contribution >= 0.6 is 15.9 Å². The Hall–Kier alpha value is -1.33. The molecule has 18 heavy (non-hydrogen) atoms. The van der Waals surface area contributed by atoms with Crippen LogP contribution in [0.25, 0.3) is 0 Å². The second kappa shape index (κ2) is 5.12. The minimum absolute atomic E-state index is 0.345. The van der Waals surface area contributed by atoms with E-state index < -0.39 is 6.04 Å². The number of nitrogens with two attached hydrogens (primary N) is 1. The van der Waals surface area contributed by atoms with Crippen LogP contribution in [0.4, 0.5) is 4.39 Å². The fourth-order valence-corrected chi connectivity index (χ4v) is 2.17. The van der Waals surface area contributed by atoms with E-state index in [-0.39, 0.29) is 5.82 Å². The van der Waals surface area contributed by atoms with Gasteiger partial charge in [-0.3, -0.25) is 0 Å². The molecule has 96 valence electrons. The molecule has 0 bridgehead atoms. The average molecular weight is 314 g/mol. The molecule has 0 aliphatic heterocycles. The minimum Gasteiger partial charge on any atom is -0.496 e. The van der Waals surface area contributed by atoms with Crippen LogP contribution in [-0.4, -0.2) is 7.11 Å². The zero-order valence-electron chi connectivity index (χ0n) is 10.0. The van der Waals surface area contributed by atoms with Gasteiger partial charge >= 0.3 is 0 Å². The standard InChI is InChI=1S/C13H13BrFNO2/c1-7-3-4-18-13(7)12(16)8-5-9(14)10(15)6-11(8)17-2/h3-6,12H,16H2,1-2H3. The molecule has 0 fully saturated rings. The molecule has 2 aromatic rings. The summed E-state index contributed by atoms with van der Waals surface area (Å²) in [4.78, 5) is 0. The highest BCUT2D eigenvalue weighted by molar-refractivity contribution is 9.10. The summed E-state index contributed by atoms with van der Waals surface area (Å²) >= 11 is 3.14. The van der Waals surface area contributed by atoms with Crippen molar-refractivity contribution in [1.29, 1.82) is 0 Å². The van der Waals surface area contributed by atoms with Crippen molar-refractivity contribution in [2.24, 2.45) is 5.73 Å². The van der Waals surface area contributed by atoms with E-state index in [2.05, 4.69) is 15.9 Å². The third-order valence-corrected chi connectivity index (χ3v) is 3.40. The molecular formula is C13H13BrFNO2. The SMILES string of the molecule is COc1cc(F)c(Br)cc1C(N)c1occc1C. The topological polar surface area (TPSA) is 48.4 Å². The normalized spacial score (nSPS) is 12.5. The molecule has 1 atom stereocenters. The van der Waals surface area contributed by atoms with Crippen LogP contribution < -0.4 is 10.5 Å². The Morgan fingerprint density at radius 3 is 2.72 bits per heavy atom. The number of rotatable bonds is 3. The molecule has 3 nitrogen and oxygen atoms in total. The highest BCUT2D eigenvalue weighted by atomic mass is 79.9. The second-order valence-corrected chi connectivity index (χ2v) is 4.81. The van der Waals surface area contributed by atoms with Gasteiger partial charge in [0.15, 0.2) is 0 Å². The zero-order valence-corrected chi connectivity index (χ0v) is 11.6. The summed E-state index contributed by atoms with van der Waals surface area (Å²) < 4.78 is 24.3. The lowest BCUT2D eigenvalue weighted by atomic mass is 10.0. The zero-order chi connectivity index (χ0) is 13.3. The Bertz CT molecular complexity index is 568. The maximum Gasteiger partial charge on any atom is 0.141 e. The predicted molar refractivity (Wildman–Crippen MR) is 70.1 cm³/mol. The summed E-state index contributed by atoms with van der Waals surface area (Å²) in [7, 11) is 1.48. The lowest BCUT2D eigenvalue weighted by Gasteiger charge is -2.15. The molecule has 2 rings (SSSR count). The van der Waals surface area contributed by atoms with E-state index in [1.54, 1.807) is 12.3 Å². The molecule has 1 aromatic carbocycles. The first-order valence-electron chi connectivity index (χ1n) is 5.37. The van der Waals surface area contributed by atoms with Gasteiger partial charge in [0.1, 0.15) is 17.3 Å². The molecule has 2 N–H and O–H groups in total. The fourth-order valence-electron chi connectivity index (χ4n) is 1.81. The number of hydrogen-bond acceptors (Lipinski definition) is 3. The lowest BCUT2D eigenvalue weighted by Crippen LogP contribution is -2.13. The van der Waals surface area contributed by atoms with Gasteiger partial charge in [0.05, 0.1) is 23.9 Å². The Morgan fingerprint density at radius 2 is 2.17 bits per heavy atom. The quantitative estimate of drug-likeness (QED) is 0.942. The third kappa shape index (κ3) is 2.28.